The van der Waals surface area contributed by atoms with Crippen molar-refractivity contribution >= 4 is 124 Å². The minimum Gasteiger partial charge on any atom is -0.444 e. The van der Waals surface area contributed by atoms with E-state index in [0.717, 1.165) is 35.1 Å². The molecule has 0 bridgehead atoms. The van der Waals surface area contributed by atoms with Gasteiger partial charge in [0.15, 0.2) is 0 Å². The molecule has 1 fully saturated rings. The second-order valence-corrected chi connectivity index (χ2v) is 44.1. The van der Waals surface area contributed by atoms with Crippen LogP contribution in [0.2, 0.25) is 0 Å². The third-order valence-electron chi connectivity index (χ3n) is 22.6. The van der Waals surface area contributed by atoms with Crippen molar-refractivity contribution in [3.05, 3.63) is 107 Å². The predicted molar refractivity (Wildman–Crippen MR) is 543 cm³/mol. The Bertz CT molecular complexity index is 4930. The molecule has 0 saturated carbocycles. The van der Waals surface area contributed by atoms with Gasteiger partial charge in [-0.05, 0) is 123 Å². The maximum atomic E-state index is 13.9. The number of amides is 18. The van der Waals surface area contributed by atoms with Gasteiger partial charge in [0, 0.05) is 54.2 Å². The zero-order valence-corrected chi connectivity index (χ0v) is 90.2. The van der Waals surface area contributed by atoms with Crippen molar-refractivity contribution in [1.82, 2.24) is 94.5 Å². The Morgan fingerprint density at radius 2 is 0.681 bits per heavy atom. The van der Waals surface area contributed by atoms with Gasteiger partial charge in [0.25, 0.3) is 17.7 Å². The molecule has 41 heteroatoms. The fourth-order valence-corrected chi connectivity index (χ4v) is 14.2. The van der Waals surface area contributed by atoms with Gasteiger partial charge in [0.1, 0.15) is 60.5 Å². The topological polar surface area (TPSA) is 584 Å². The van der Waals surface area contributed by atoms with Crippen LogP contribution >= 0.6 is 0 Å². The van der Waals surface area contributed by atoms with Gasteiger partial charge < -0.3 is 105 Å². The lowest BCUT2D eigenvalue weighted by Gasteiger charge is -2.36. The third kappa shape index (κ3) is 45.2. The number of hydrogen-bond donors (Lipinski definition) is 16. The molecule has 4 rings (SSSR count). The number of rotatable bonds is 43. The second-order valence-electron chi connectivity index (χ2n) is 44.1. The van der Waals surface area contributed by atoms with E-state index in [4.69, 9.17) is 10.5 Å². The first-order valence-corrected chi connectivity index (χ1v) is 48.5. The number of nitrogens with zero attached hydrogens (tertiary/aromatic N) is 3. The molecule has 3 aromatic carbocycles. The number of ether oxygens (including phenoxy) is 1. The number of nitrogens with one attached hydrogen (secondary N) is 15. The van der Waals surface area contributed by atoms with E-state index < -0.39 is 243 Å². The van der Waals surface area contributed by atoms with Crippen molar-refractivity contribution in [2.75, 3.05) is 54.4 Å². The van der Waals surface area contributed by atoms with Crippen LogP contribution in [-0.4, -0.2) is 265 Å². The number of nitrogens with two attached hydrogens (primary N) is 1. The molecule has 0 spiro atoms. The number of benzene rings is 3. The molecular formula is C103H163N19O22. The van der Waals surface area contributed by atoms with Crippen LogP contribution in [-0.2, 0) is 107 Å². The highest BCUT2D eigenvalue weighted by Gasteiger charge is 2.45. The number of hydrogen-bond acceptors (Lipinski definition) is 23. The van der Waals surface area contributed by atoms with Crippen LogP contribution in [0.15, 0.2) is 84.9 Å². The van der Waals surface area contributed by atoms with E-state index in [-0.39, 0.29) is 43.2 Å². The number of Topliss-reactive ketones (excluding diaryl/α,β-unsaturated/α-hetero) is 3. The van der Waals surface area contributed by atoms with E-state index in [9.17, 15) is 101 Å². The molecule has 41 nitrogen and oxygen atoms in total. The molecule has 0 aliphatic carbocycles. The normalized spacial score (nSPS) is 14.9. The average molecular weight is 2020 g/mol. The summed E-state index contributed by atoms with van der Waals surface area (Å²) in [4.78, 5) is 278. The summed E-state index contributed by atoms with van der Waals surface area (Å²) in [6.45, 7) is 46.6. The van der Waals surface area contributed by atoms with Gasteiger partial charge in [-0.2, -0.15) is 0 Å². The molecule has 144 heavy (non-hydrogen) atoms. The van der Waals surface area contributed by atoms with Crippen molar-refractivity contribution in [2.24, 2.45) is 38.2 Å². The molecule has 1 aliphatic heterocycles. The molecule has 1 heterocycles. The quantitative estimate of drug-likeness (QED) is 0.0350. The van der Waals surface area contributed by atoms with Gasteiger partial charge in [0.2, 0.25) is 100 Å². The molecule has 3 aromatic rings. The van der Waals surface area contributed by atoms with Crippen LogP contribution in [0.25, 0.3) is 0 Å². The summed E-state index contributed by atoms with van der Waals surface area (Å²) >= 11 is 0. The molecule has 17 N–H and O–H groups in total. The maximum Gasteiger partial charge on any atom is 0.408 e. The third-order valence-corrected chi connectivity index (χ3v) is 22.6. The first-order chi connectivity index (χ1) is 66.2. The lowest BCUT2D eigenvalue weighted by atomic mass is 9.83. The predicted octanol–water partition coefficient (Wildman–Crippen LogP) is 4.34. The van der Waals surface area contributed by atoms with Crippen LogP contribution in [0, 0.1) is 39.4 Å². The number of likely N-dealkylation sites (tertiary alicyclic amines) is 1. The fourth-order valence-electron chi connectivity index (χ4n) is 14.2. The van der Waals surface area contributed by atoms with Gasteiger partial charge in [-0.3, -0.25) is 95.9 Å². The summed E-state index contributed by atoms with van der Waals surface area (Å²) in [5.74, 6) is -14.4. The molecule has 1 saturated heterocycles. The van der Waals surface area contributed by atoms with Gasteiger partial charge in [-0.25, -0.2) is 4.79 Å². The molecular weight excluding hydrogens is 1860 g/mol. The summed E-state index contributed by atoms with van der Waals surface area (Å²) in [5.41, 5.74) is 3.67. The highest BCUT2D eigenvalue weighted by atomic mass is 16.6. The first-order valence-electron chi connectivity index (χ1n) is 48.5. The zero-order valence-electron chi connectivity index (χ0n) is 90.2. The van der Waals surface area contributed by atoms with E-state index in [1.165, 1.54) is 58.8 Å². The smallest absolute Gasteiger partial charge is 0.408 e. The number of ketones is 3. The van der Waals surface area contributed by atoms with E-state index in [2.05, 4.69) is 79.8 Å². The second kappa shape index (κ2) is 56.8. The Balaban J connectivity index is 0.000000735. The van der Waals surface area contributed by atoms with Crippen molar-refractivity contribution < 1.29 is 105 Å². The van der Waals surface area contributed by atoms with Gasteiger partial charge in [-0.1, -0.05) is 229 Å². The van der Waals surface area contributed by atoms with Gasteiger partial charge in [0.05, 0.1) is 56.0 Å². The SMILES string of the molecule is CC[C@@H](NC(=O)C(=O)C(C)NC(=O)[C@H](CC(=O)N(C)C)NC(=O)[C@@H](NC(=O)[C@@H](NC(=O)CN)C(C)(C)C)C(C)(C)C)c1ccccc1.CC[C@@H](NC(=O)C(=O)C(C)NC(=O)[C@H](CC(=O)N(C)C)NC(=O)[C@@H](NC(=O)[C@@H](NC(=O)CNC(=O)OC(C)(C)C)C(C)(C)C)C(C)(C)C)c1ccccc1.Cc1ccc(CNC(=O)C(=O)C(C)NC(=O)[C@H](CC(=O)N2CCCC2)NC(=O)[C@@H](NC(=O)CC(C)(C)C)C(C)(C)C)cc1. The number of alkyl carbamates (subject to hydrolysis) is 1. The molecule has 18 amide bonds. The molecule has 1 aliphatic rings. The molecule has 0 radical (unpaired) electrons. The number of carbonyl (C=O) groups is 21. The Morgan fingerprint density at radius 3 is 0.993 bits per heavy atom. The lowest BCUT2D eigenvalue weighted by Crippen LogP contribution is -2.63. The Labute approximate surface area is 848 Å². The standard InChI is InChI=1S/C38H61N7O9.C33H53N7O7.C32H49N5O6/c1-14-24(23-18-16-15-17-19-23)41-32(50)28(48)22(2)40-31(49)25(20-27(47)45(12)13)42-33(51)30(37(6,7)8)44-34(52)29(36(3,4)5)43-26(46)21-39-35(53)54-38(9,10)11;1-11-21(20-15-13-12-14-16-20)36-29(45)25(43)19(2)35-28(44)22(17-24(42)40(9)10)37-30(46)27(33(6,7)8)39-31(47)26(32(3,4)5)38-23(41)18-34;1-20-11-13-22(14-12-20)19-33-29(42)26(40)21(2)34-28(41)23(17-25(39)37-15-9-10-16-37)35-30(43)27(32(6,7)8)36-24(38)18-31(3,4)5/h15-19,22,24-25,29-30H,14,20-21H2,1-13H3,(H,39,53)(H,40,49)(H,41,50)(H,42,51)(H,43,46)(H,44,52);12-16,19,21-22,26-27H,11,17-18,34H2,1-10H3,(H,35,44)(H,36,45)(H,37,46)(H,38,41)(H,39,47);11-14,21,23,27H,9-10,15-19H2,1-8H3,(H,33,42)(H,34,41)(H,35,43)(H,36,38)/t22?,24-,25+,29-,30-;19?,21-,22+,26-,27-;21?,23-,27+/m110/s1. The van der Waals surface area contributed by atoms with Crippen LogP contribution in [0.3, 0.4) is 0 Å². The summed E-state index contributed by atoms with van der Waals surface area (Å²) in [6.07, 6.45) is 0.802. The Morgan fingerprint density at radius 1 is 0.368 bits per heavy atom. The minimum absolute atomic E-state index is 0.143. The number of aryl methyl sites for hydroxylation is 1. The number of carbonyl (C=O) groups excluding carboxylic acids is 21. The lowest BCUT2D eigenvalue weighted by molar-refractivity contribution is -0.141. The molecule has 13 atom stereocenters. The summed E-state index contributed by atoms with van der Waals surface area (Å²) in [5, 5.41) is 38.7. The molecule has 3 unspecified atom stereocenters. The van der Waals surface area contributed by atoms with E-state index in [1.54, 1.807) is 130 Å². The van der Waals surface area contributed by atoms with Gasteiger partial charge in [-0.15, -0.1) is 0 Å². The highest BCUT2D eigenvalue weighted by molar-refractivity contribution is 6.39. The van der Waals surface area contributed by atoms with Crippen LogP contribution in [0.5, 0.6) is 0 Å². The van der Waals surface area contributed by atoms with Gasteiger partial charge >= 0.3 is 6.09 Å². The summed E-state index contributed by atoms with van der Waals surface area (Å²) < 4.78 is 5.15. The molecule has 0 aromatic heterocycles. The summed E-state index contributed by atoms with van der Waals surface area (Å²) in [7, 11) is 5.89. The fraction of sp³-hybridized carbons (Fsp3) is 0.621. The van der Waals surface area contributed by atoms with E-state index in [0.29, 0.717) is 25.9 Å². The van der Waals surface area contributed by atoms with Crippen LogP contribution in [0.4, 0.5) is 4.79 Å². The zero-order chi connectivity index (χ0) is 111. The van der Waals surface area contributed by atoms with Crippen molar-refractivity contribution in [2.45, 2.75) is 329 Å². The maximum absolute atomic E-state index is 13.9. The molecule has 802 valence electrons. The Kier molecular flexibility index (Phi) is 50.1. The monoisotopic (exact) mass is 2020 g/mol. The minimum atomic E-state index is -1.50. The average Bonchev–Trinajstić information content (AvgIpc) is 0.941. The van der Waals surface area contributed by atoms with Crippen LogP contribution < -0.4 is 85.5 Å². The van der Waals surface area contributed by atoms with Crippen LogP contribution in [0.1, 0.15) is 266 Å². The van der Waals surface area contributed by atoms with Crippen molar-refractivity contribution in [1.29, 1.82) is 0 Å². The van der Waals surface area contributed by atoms with E-state index >= 15 is 0 Å². The summed E-state index contributed by atoms with van der Waals surface area (Å²) in [6, 6.07) is 11.0. The van der Waals surface area contributed by atoms with E-state index in [1.807, 2.05) is 126 Å². The largest absolute Gasteiger partial charge is 0.444 e. The van der Waals surface area contributed by atoms with Crippen molar-refractivity contribution in [3.8, 4) is 0 Å². The highest BCUT2D eigenvalue weighted by Crippen LogP contribution is 2.29. The Hall–Kier alpha value is -13.1. The first kappa shape index (κ1) is 127. The van der Waals surface area contributed by atoms with Crippen molar-refractivity contribution in [3.63, 3.8) is 0 Å².